The van der Waals surface area contributed by atoms with Gasteiger partial charge in [0.05, 0.1) is 37.1 Å². The molecule has 0 bridgehead atoms. The number of nitrogens with zero attached hydrogens (tertiary/aromatic N) is 4. The Morgan fingerprint density at radius 2 is 0.911 bits per heavy atom. The molecule has 0 spiro atoms. The van der Waals surface area contributed by atoms with Crippen LogP contribution in [-0.4, -0.2) is 141 Å². The Bertz CT molecular complexity index is 1340. The quantitative estimate of drug-likeness (QED) is 0.261. The number of rotatable bonds is 10. The van der Waals surface area contributed by atoms with Crippen LogP contribution in [0.5, 0.6) is 0 Å². The SMILES string of the molecule is CC(C)C[C@@H]1NC(=O)[C@H](CC(C)C)N(C)C(=O)[C@H](CC(C)C)N(C)C(=O)C[C@H](O)[C@H](CC(C)C)NC(=O)[C@@H]2CCCN2C(=O)[C@H](CC(C)C)N(C)C(=O)C[C@@H]1O. The van der Waals surface area contributed by atoms with E-state index in [1.54, 1.807) is 7.05 Å². The fourth-order valence-corrected chi connectivity index (χ4v) is 7.99. The molecule has 0 aromatic carbocycles. The van der Waals surface area contributed by atoms with Crippen LogP contribution < -0.4 is 10.6 Å². The molecule has 0 aromatic heterocycles. The standard InChI is InChI=1S/C42H76N6O8/c1-24(2)17-29-35(49)22-37(51)45(11)33(20-27(7)8)41(55)47(13)32(19-26(5)6)40(54)44-30(18-25(3)4)36(50)23-38(52)46(12)34(21-28(9)10)42(56)48-16-14-15-31(48)39(53)43-29/h24-36,49-50H,14-23H2,1-13H3,(H,43,53)(H,44,54)/t29-,30-,31-,32-,33-,34-,35-,36-/m0/s1. The van der Waals surface area contributed by atoms with Gasteiger partial charge in [-0.25, -0.2) is 0 Å². The van der Waals surface area contributed by atoms with Gasteiger partial charge in [0.15, 0.2) is 0 Å². The van der Waals surface area contributed by atoms with Gasteiger partial charge in [-0.3, -0.25) is 28.8 Å². The number of likely N-dealkylation sites (N-methyl/N-ethyl adjacent to an activating group) is 3. The third-order valence-corrected chi connectivity index (χ3v) is 11.1. The zero-order valence-electron chi connectivity index (χ0n) is 36.7. The fourth-order valence-electron chi connectivity index (χ4n) is 7.99. The lowest BCUT2D eigenvalue weighted by molar-refractivity contribution is -0.150. The monoisotopic (exact) mass is 793 g/mol. The average Bonchev–Trinajstić information content (AvgIpc) is 3.59. The lowest BCUT2D eigenvalue weighted by Gasteiger charge is -2.38. The second kappa shape index (κ2) is 22.0. The van der Waals surface area contributed by atoms with Crippen molar-refractivity contribution < 1.29 is 39.0 Å². The van der Waals surface area contributed by atoms with E-state index >= 15 is 0 Å². The Kier molecular flexibility index (Phi) is 19.2. The first-order chi connectivity index (χ1) is 26.0. The van der Waals surface area contributed by atoms with Gasteiger partial charge in [0.2, 0.25) is 35.4 Å². The highest BCUT2D eigenvalue weighted by Crippen LogP contribution is 2.26. The molecule has 14 heteroatoms. The summed E-state index contributed by atoms with van der Waals surface area (Å²) >= 11 is 0. The van der Waals surface area contributed by atoms with E-state index in [1.807, 2.05) is 69.2 Å². The van der Waals surface area contributed by atoms with E-state index < -0.39 is 78.0 Å². The number of amides is 6. The van der Waals surface area contributed by atoms with Crippen molar-refractivity contribution in [1.82, 2.24) is 30.2 Å². The Hall–Kier alpha value is -3.26. The molecule has 2 aliphatic heterocycles. The summed E-state index contributed by atoms with van der Waals surface area (Å²) in [7, 11) is 4.61. The van der Waals surface area contributed by atoms with E-state index in [2.05, 4.69) is 10.6 Å². The molecule has 2 saturated heterocycles. The number of nitrogens with one attached hydrogen (secondary N) is 2. The van der Waals surface area contributed by atoms with Gasteiger partial charge in [0.1, 0.15) is 24.2 Å². The van der Waals surface area contributed by atoms with Crippen molar-refractivity contribution in [2.45, 2.75) is 175 Å². The Morgan fingerprint density at radius 3 is 1.32 bits per heavy atom. The maximum absolute atomic E-state index is 14.4. The molecule has 0 aromatic rings. The van der Waals surface area contributed by atoms with Gasteiger partial charge in [0, 0.05) is 27.7 Å². The molecule has 0 saturated carbocycles. The molecule has 56 heavy (non-hydrogen) atoms. The second-order valence-corrected chi connectivity index (χ2v) is 18.6. The van der Waals surface area contributed by atoms with E-state index in [1.165, 1.54) is 33.7 Å². The Balaban J connectivity index is 2.73. The minimum Gasteiger partial charge on any atom is -0.390 e. The largest absolute Gasteiger partial charge is 0.390 e. The average molecular weight is 793 g/mol. The molecule has 322 valence electrons. The van der Waals surface area contributed by atoms with Crippen molar-refractivity contribution in [3.63, 3.8) is 0 Å². The molecule has 0 radical (unpaired) electrons. The summed E-state index contributed by atoms with van der Waals surface area (Å²) in [5.41, 5.74) is 0. The zero-order valence-corrected chi connectivity index (χ0v) is 36.7. The lowest BCUT2D eigenvalue weighted by atomic mass is 9.94. The van der Waals surface area contributed by atoms with Gasteiger partial charge < -0.3 is 40.4 Å². The van der Waals surface area contributed by atoms with Crippen LogP contribution in [0.4, 0.5) is 0 Å². The molecule has 2 rings (SSSR count). The van der Waals surface area contributed by atoms with Crippen LogP contribution in [-0.2, 0) is 28.8 Å². The number of carbonyl (C=O) groups is 6. The van der Waals surface area contributed by atoms with Crippen LogP contribution in [0.2, 0.25) is 0 Å². The first kappa shape index (κ1) is 48.9. The second-order valence-electron chi connectivity index (χ2n) is 18.6. The molecule has 2 fully saturated rings. The minimum atomic E-state index is -1.29. The highest BCUT2D eigenvalue weighted by Gasteiger charge is 2.42. The third kappa shape index (κ3) is 14.0. The zero-order chi connectivity index (χ0) is 42.8. The number of hydrogen-bond acceptors (Lipinski definition) is 8. The summed E-state index contributed by atoms with van der Waals surface area (Å²) in [6, 6.07) is -5.28. The number of aliphatic hydroxyl groups excluding tert-OH is 2. The molecule has 6 amide bonds. The maximum atomic E-state index is 14.4. The normalized spacial score (nSPS) is 29.1. The Labute approximate surface area is 336 Å². The number of fused-ring (bicyclic) bond motifs is 1. The van der Waals surface area contributed by atoms with Gasteiger partial charge in [-0.1, -0.05) is 69.2 Å². The number of carbonyl (C=O) groups excluding carboxylic acids is 6. The molecule has 0 unspecified atom stereocenters. The molecule has 14 nitrogen and oxygen atoms in total. The minimum absolute atomic E-state index is 0.0000466. The predicted molar refractivity (Wildman–Crippen MR) is 217 cm³/mol. The summed E-state index contributed by atoms with van der Waals surface area (Å²) in [4.78, 5) is 90.4. The van der Waals surface area contributed by atoms with Crippen LogP contribution in [0.15, 0.2) is 0 Å². The first-order valence-electron chi connectivity index (χ1n) is 21.0. The summed E-state index contributed by atoms with van der Waals surface area (Å²) in [5.74, 6) is -2.58. The topological polar surface area (TPSA) is 180 Å². The van der Waals surface area contributed by atoms with Crippen molar-refractivity contribution in [1.29, 1.82) is 0 Å². The molecule has 8 atom stereocenters. The highest BCUT2D eigenvalue weighted by molar-refractivity contribution is 5.94. The van der Waals surface area contributed by atoms with Crippen molar-refractivity contribution >= 4 is 35.4 Å². The van der Waals surface area contributed by atoms with Crippen LogP contribution in [0, 0.1) is 29.6 Å². The first-order valence-corrected chi connectivity index (χ1v) is 21.0. The van der Waals surface area contributed by atoms with E-state index in [9.17, 15) is 39.0 Å². The highest BCUT2D eigenvalue weighted by atomic mass is 16.3. The van der Waals surface area contributed by atoms with E-state index in [0.717, 1.165) is 0 Å². The molecule has 0 aliphatic carbocycles. The van der Waals surface area contributed by atoms with Crippen molar-refractivity contribution in [3.8, 4) is 0 Å². The van der Waals surface area contributed by atoms with Crippen LogP contribution in [0.3, 0.4) is 0 Å². The van der Waals surface area contributed by atoms with Crippen molar-refractivity contribution in [2.75, 3.05) is 27.7 Å². The predicted octanol–water partition coefficient (Wildman–Crippen LogP) is 3.17. The van der Waals surface area contributed by atoms with E-state index in [-0.39, 0.29) is 48.3 Å². The van der Waals surface area contributed by atoms with Gasteiger partial charge in [0.25, 0.3) is 0 Å². The smallest absolute Gasteiger partial charge is 0.246 e. The maximum Gasteiger partial charge on any atom is 0.246 e. The van der Waals surface area contributed by atoms with Gasteiger partial charge in [-0.2, -0.15) is 0 Å². The lowest BCUT2D eigenvalue weighted by Crippen LogP contribution is -2.59. The van der Waals surface area contributed by atoms with E-state index in [4.69, 9.17) is 0 Å². The number of aliphatic hydroxyl groups is 2. The van der Waals surface area contributed by atoms with Crippen LogP contribution in [0.1, 0.15) is 127 Å². The summed E-state index contributed by atoms with van der Waals surface area (Å²) in [6.07, 6.45) is -0.682. The molecule has 2 aliphatic rings. The van der Waals surface area contributed by atoms with Gasteiger partial charge in [-0.05, 0) is 74.5 Å². The van der Waals surface area contributed by atoms with Gasteiger partial charge in [-0.15, -0.1) is 0 Å². The van der Waals surface area contributed by atoms with Crippen LogP contribution in [0.25, 0.3) is 0 Å². The summed E-state index contributed by atoms with van der Waals surface area (Å²) in [5, 5.41) is 29.1. The van der Waals surface area contributed by atoms with Gasteiger partial charge >= 0.3 is 0 Å². The summed E-state index contributed by atoms with van der Waals surface area (Å²) in [6.45, 7) is 19.8. The Morgan fingerprint density at radius 1 is 0.536 bits per heavy atom. The van der Waals surface area contributed by atoms with Crippen LogP contribution >= 0.6 is 0 Å². The molecule has 2 heterocycles. The molecular formula is C42H76N6O8. The molecule has 4 N–H and O–H groups in total. The third-order valence-electron chi connectivity index (χ3n) is 11.1. The molecular weight excluding hydrogens is 716 g/mol. The van der Waals surface area contributed by atoms with Crippen molar-refractivity contribution in [3.05, 3.63) is 0 Å². The number of hydrogen-bond donors (Lipinski definition) is 4. The van der Waals surface area contributed by atoms with E-state index in [0.29, 0.717) is 51.5 Å². The summed E-state index contributed by atoms with van der Waals surface area (Å²) < 4.78 is 0. The fraction of sp³-hybridized carbons (Fsp3) is 0.857. The van der Waals surface area contributed by atoms with Crippen molar-refractivity contribution in [2.24, 2.45) is 29.6 Å².